The fourth-order valence-electron chi connectivity index (χ4n) is 2.97. The van der Waals surface area contributed by atoms with Gasteiger partial charge in [-0.15, -0.1) is 16.1 Å². The number of rotatable bonds is 5. The number of fused-ring (bicyclic) bond motifs is 1. The van der Waals surface area contributed by atoms with Crippen molar-refractivity contribution in [3.63, 3.8) is 0 Å². The van der Waals surface area contributed by atoms with Gasteiger partial charge >= 0.3 is 0 Å². The van der Waals surface area contributed by atoms with Crippen molar-refractivity contribution in [2.75, 3.05) is 5.88 Å². The fourth-order valence-corrected chi connectivity index (χ4v) is 3.27. The van der Waals surface area contributed by atoms with Gasteiger partial charge in [0.2, 0.25) is 5.65 Å². The maximum absolute atomic E-state index is 13.6. The molecule has 4 aromatic rings. The minimum atomic E-state index is -0.492. The Balaban J connectivity index is 1.92. The molecule has 6 nitrogen and oxygen atoms in total. The van der Waals surface area contributed by atoms with Crippen molar-refractivity contribution >= 4 is 34.7 Å². The minimum absolute atomic E-state index is 0.0204. The van der Waals surface area contributed by atoms with Crippen LogP contribution in [0.5, 0.6) is 0 Å². The molecule has 0 bridgehead atoms. The molecule has 0 saturated heterocycles. The van der Waals surface area contributed by atoms with E-state index in [1.165, 1.54) is 22.8 Å². The number of benzene rings is 1. The normalized spacial score (nSPS) is 11.1. The summed E-state index contributed by atoms with van der Waals surface area (Å²) in [4.78, 5) is 12.1. The van der Waals surface area contributed by atoms with Gasteiger partial charge in [0.25, 0.3) is 5.82 Å². The van der Waals surface area contributed by atoms with Gasteiger partial charge in [0, 0.05) is 24.1 Å². The largest absolute Gasteiger partial charge is 0.360 e. The van der Waals surface area contributed by atoms with Gasteiger partial charge in [-0.25, -0.2) is 14.4 Å². The van der Waals surface area contributed by atoms with Crippen LogP contribution in [0.4, 0.5) is 10.2 Å². The Hall–Kier alpha value is -2.95. The van der Waals surface area contributed by atoms with Crippen LogP contribution >= 0.6 is 23.2 Å². The van der Waals surface area contributed by atoms with Crippen LogP contribution < -0.4 is 0 Å². The van der Waals surface area contributed by atoms with Crippen molar-refractivity contribution in [2.24, 2.45) is 0 Å². The van der Waals surface area contributed by atoms with E-state index in [4.69, 9.17) is 29.8 Å². The maximum Gasteiger partial charge on any atom is 0.275 e. The number of aromatic nitrogens is 5. The first-order valence-electron chi connectivity index (χ1n) is 8.41. The van der Waals surface area contributed by atoms with E-state index in [-0.39, 0.29) is 5.02 Å². The molecule has 0 saturated carbocycles. The second kappa shape index (κ2) is 7.58. The molecule has 3 heterocycles. The van der Waals surface area contributed by atoms with Crippen LogP contribution in [-0.2, 0) is 6.54 Å². The first-order chi connectivity index (χ1) is 13.6. The van der Waals surface area contributed by atoms with Crippen molar-refractivity contribution in [1.29, 1.82) is 0 Å². The van der Waals surface area contributed by atoms with Crippen LogP contribution in [0.25, 0.3) is 33.1 Å². The smallest absolute Gasteiger partial charge is 0.275 e. The monoisotopic (exact) mass is 414 g/mol. The Kier molecular flexibility index (Phi) is 4.99. The molecule has 9 heteroatoms. The zero-order valence-electron chi connectivity index (χ0n) is 14.5. The molecule has 0 spiro atoms. The van der Waals surface area contributed by atoms with Gasteiger partial charge in [0.15, 0.2) is 0 Å². The first-order valence-corrected chi connectivity index (χ1v) is 9.32. The van der Waals surface area contributed by atoms with E-state index in [0.717, 1.165) is 12.1 Å². The van der Waals surface area contributed by atoms with Crippen LogP contribution in [0, 0.1) is 12.4 Å². The average molecular weight is 415 g/mol. The Morgan fingerprint density at radius 1 is 1.18 bits per heavy atom. The minimum Gasteiger partial charge on any atom is -0.360 e. The Morgan fingerprint density at radius 3 is 2.79 bits per heavy atom. The summed E-state index contributed by atoms with van der Waals surface area (Å²) in [7, 11) is 0. The summed E-state index contributed by atoms with van der Waals surface area (Å²) < 4.78 is 17.0. The topological polar surface area (TPSA) is 52.4 Å². The van der Waals surface area contributed by atoms with Crippen LogP contribution in [0.1, 0.15) is 6.42 Å². The van der Waals surface area contributed by atoms with Crippen LogP contribution in [0.3, 0.4) is 0 Å². The molecular formula is C19H13Cl2FN6. The zero-order chi connectivity index (χ0) is 19.7. The third-order valence-corrected chi connectivity index (χ3v) is 4.82. The Morgan fingerprint density at radius 2 is 2.04 bits per heavy atom. The Labute approximate surface area is 170 Å². The van der Waals surface area contributed by atoms with Gasteiger partial charge in [0.05, 0.1) is 28.9 Å². The highest BCUT2D eigenvalue weighted by Crippen LogP contribution is 2.33. The predicted molar refractivity (Wildman–Crippen MR) is 106 cm³/mol. The SMILES string of the molecule is [C-]#[N+]c1cnc2ccc(-c3c(-c4ccc(F)c(Cl)c4)ncn3CCCCl)nn12. The molecule has 0 aliphatic heterocycles. The van der Waals surface area contributed by atoms with E-state index < -0.39 is 5.82 Å². The lowest BCUT2D eigenvalue weighted by molar-refractivity contribution is 0.628. The highest BCUT2D eigenvalue weighted by molar-refractivity contribution is 6.31. The Bertz CT molecular complexity index is 1210. The summed E-state index contributed by atoms with van der Waals surface area (Å²) >= 11 is 11.8. The van der Waals surface area contributed by atoms with Crippen molar-refractivity contribution in [3.8, 4) is 22.6 Å². The van der Waals surface area contributed by atoms with E-state index in [1.54, 1.807) is 18.5 Å². The maximum atomic E-state index is 13.6. The van der Waals surface area contributed by atoms with Gasteiger partial charge in [-0.05, 0) is 30.7 Å². The van der Waals surface area contributed by atoms with Crippen LogP contribution in [0.2, 0.25) is 5.02 Å². The number of nitrogens with zero attached hydrogens (tertiary/aromatic N) is 6. The lowest BCUT2D eigenvalue weighted by Gasteiger charge is -2.09. The second-order valence-corrected chi connectivity index (χ2v) is 6.81. The number of hydrogen-bond donors (Lipinski definition) is 0. The molecule has 28 heavy (non-hydrogen) atoms. The molecule has 0 unspecified atom stereocenters. The quantitative estimate of drug-likeness (QED) is 0.331. The average Bonchev–Trinajstić information content (AvgIpc) is 3.31. The van der Waals surface area contributed by atoms with Gasteiger partial charge in [-0.1, -0.05) is 23.3 Å². The molecule has 3 aromatic heterocycles. The third-order valence-electron chi connectivity index (χ3n) is 4.26. The predicted octanol–water partition coefficient (Wildman–Crippen LogP) is 5.23. The lowest BCUT2D eigenvalue weighted by atomic mass is 10.1. The summed E-state index contributed by atoms with van der Waals surface area (Å²) in [5.41, 5.74) is 3.21. The summed E-state index contributed by atoms with van der Waals surface area (Å²) in [6.07, 6.45) is 3.92. The van der Waals surface area contributed by atoms with Crippen molar-refractivity contribution in [1.82, 2.24) is 24.1 Å². The molecule has 0 aliphatic rings. The van der Waals surface area contributed by atoms with Crippen LogP contribution in [-0.4, -0.2) is 30.0 Å². The number of alkyl halides is 1. The van der Waals surface area contributed by atoms with E-state index in [1.807, 2.05) is 10.6 Å². The third kappa shape index (κ3) is 3.21. The molecule has 0 aliphatic carbocycles. The molecule has 1 aromatic carbocycles. The van der Waals surface area contributed by atoms with Crippen molar-refractivity contribution in [3.05, 3.63) is 65.1 Å². The number of aryl methyl sites for hydroxylation is 1. The van der Waals surface area contributed by atoms with E-state index in [0.29, 0.717) is 40.8 Å². The lowest BCUT2D eigenvalue weighted by Crippen LogP contribution is -2.03. The molecule has 0 atom stereocenters. The molecule has 140 valence electrons. The van der Waals surface area contributed by atoms with Gasteiger partial charge in [-0.3, -0.25) is 0 Å². The van der Waals surface area contributed by atoms with E-state index in [9.17, 15) is 4.39 Å². The molecular weight excluding hydrogens is 402 g/mol. The first kappa shape index (κ1) is 18.4. The van der Waals surface area contributed by atoms with Crippen molar-refractivity contribution in [2.45, 2.75) is 13.0 Å². The van der Waals surface area contributed by atoms with Crippen LogP contribution in [0.15, 0.2) is 42.9 Å². The summed E-state index contributed by atoms with van der Waals surface area (Å²) in [5.74, 6) is 0.328. The number of hydrogen-bond acceptors (Lipinski definition) is 3. The second-order valence-electron chi connectivity index (χ2n) is 6.02. The van der Waals surface area contributed by atoms with E-state index >= 15 is 0 Å². The van der Waals surface area contributed by atoms with E-state index in [2.05, 4.69) is 19.9 Å². The summed E-state index contributed by atoms with van der Waals surface area (Å²) in [5, 5.41) is 4.60. The molecule has 0 amide bonds. The highest BCUT2D eigenvalue weighted by Gasteiger charge is 2.19. The highest BCUT2D eigenvalue weighted by atomic mass is 35.5. The summed E-state index contributed by atoms with van der Waals surface area (Å²) in [6.45, 7) is 7.92. The van der Waals surface area contributed by atoms with Crippen molar-refractivity contribution < 1.29 is 4.39 Å². The van der Waals surface area contributed by atoms with Gasteiger partial charge in [0.1, 0.15) is 11.5 Å². The molecule has 0 radical (unpaired) electrons. The molecule has 4 rings (SSSR count). The number of halogens is 3. The van der Waals surface area contributed by atoms with Gasteiger partial charge in [-0.2, -0.15) is 0 Å². The summed E-state index contributed by atoms with van der Waals surface area (Å²) in [6, 6.07) is 8.08. The number of imidazole rings is 2. The molecule has 0 fully saturated rings. The molecule has 0 N–H and O–H groups in total. The fraction of sp³-hybridized carbons (Fsp3) is 0.158. The standard InChI is InChI=1S/C19H13Cl2FN6/c1-23-17-10-24-16-6-5-15(26-28(16)17)19-18(25-11-27(19)8-2-7-20)12-3-4-14(22)13(21)9-12/h3-6,9-11H,2,7-8H2. The zero-order valence-corrected chi connectivity index (χ0v) is 16.0. The van der Waals surface area contributed by atoms with Gasteiger partial charge < -0.3 is 9.41 Å².